The number of amides is 4. The summed E-state index contributed by atoms with van der Waals surface area (Å²) in [5.74, 6) is -3.20. The summed E-state index contributed by atoms with van der Waals surface area (Å²) >= 11 is 6.40. The maximum absolute atomic E-state index is 13.7. The predicted molar refractivity (Wildman–Crippen MR) is 131 cm³/mol. The van der Waals surface area contributed by atoms with Crippen LogP contribution in [0.4, 0.5) is 14.9 Å². The number of methoxy groups -OCH3 is 1. The van der Waals surface area contributed by atoms with Crippen LogP contribution in [0.25, 0.3) is 6.08 Å². The van der Waals surface area contributed by atoms with Crippen molar-refractivity contribution in [3.8, 4) is 11.5 Å². The van der Waals surface area contributed by atoms with E-state index in [-0.39, 0.29) is 40.0 Å². The average molecular weight is 525 g/mol. The molecule has 4 rings (SSSR count). The number of nitrogens with zero attached hydrogens (tertiary/aromatic N) is 1. The van der Waals surface area contributed by atoms with Gasteiger partial charge in [0.2, 0.25) is 0 Å². The van der Waals surface area contributed by atoms with E-state index in [4.69, 9.17) is 26.2 Å². The smallest absolute Gasteiger partial charge is 0.335 e. The minimum atomic E-state index is -1.05. The maximum atomic E-state index is 13.7. The monoisotopic (exact) mass is 524 g/mol. The Hall–Kier alpha value is -4.70. The fourth-order valence-electron chi connectivity index (χ4n) is 3.54. The highest BCUT2D eigenvalue weighted by Crippen LogP contribution is 2.38. The molecule has 0 radical (unpaired) electrons. The van der Waals surface area contributed by atoms with E-state index in [9.17, 15) is 23.6 Å². The Morgan fingerprint density at radius 1 is 1.11 bits per heavy atom. The van der Waals surface area contributed by atoms with E-state index in [1.54, 1.807) is 12.1 Å². The molecule has 1 aliphatic heterocycles. The minimum Gasteiger partial charge on any atom is -0.493 e. The first-order valence-corrected chi connectivity index (χ1v) is 11.1. The number of ether oxygens (including phenoxy) is 2. The second-order valence-corrected chi connectivity index (χ2v) is 8.17. The Bertz CT molecular complexity index is 1450. The van der Waals surface area contributed by atoms with Gasteiger partial charge in [-0.15, -0.1) is 0 Å². The number of carbonyl (C=O) groups is 4. The van der Waals surface area contributed by atoms with Gasteiger partial charge in [0.25, 0.3) is 11.8 Å². The van der Waals surface area contributed by atoms with Crippen molar-refractivity contribution in [2.24, 2.45) is 0 Å². The molecule has 0 bridgehead atoms. The van der Waals surface area contributed by atoms with Gasteiger partial charge >= 0.3 is 12.0 Å². The van der Waals surface area contributed by atoms with Gasteiger partial charge in [-0.25, -0.2) is 18.9 Å². The van der Waals surface area contributed by atoms with Crippen molar-refractivity contribution in [1.29, 1.82) is 0 Å². The first-order chi connectivity index (χ1) is 17.7. The van der Waals surface area contributed by atoms with E-state index in [0.717, 1.165) is 12.1 Å². The zero-order valence-electron chi connectivity index (χ0n) is 19.2. The van der Waals surface area contributed by atoms with Crippen molar-refractivity contribution in [2.75, 3.05) is 12.0 Å². The SMILES string of the molecule is COc1cc(/C=C2\C(=O)NC(=O)N(c3cccc(F)c3)C2=O)cc(Cl)c1OCc1ccc(C(=O)O)cc1. The molecule has 0 spiro atoms. The summed E-state index contributed by atoms with van der Waals surface area (Å²) < 4.78 is 24.8. The summed E-state index contributed by atoms with van der Waals surface area (Å²) in [4.78, 5) is 49.4. The number of imide groups is 2. The molecule has 4 amide bonds. The molecule has 0 aliphatic carbocycles. The van der Waals surface area contributed by atoms with E-state index in [1.165, 1.54) is 49.6 Å². The summed E-state index contributed by atoms with van der Waals surface area (Å²) in [6.45, 7) is 0.0576. The summed E-state index contributed by atoms with van der Waals surface area (Å²) in [6, 6.07) is 12.8. The number of hydrogen-bond donors (Lipinski definition) is 2. The summed E-state index contributed by atoms with van der Waals surface area (Å²) in [7, 11) is 1.37. The third-order valence-electron chi connectivity index (χ3n) is 5.31. The number of barbiturate groups is 1. The normalized spacial score (nSPS) is 14.5. The lowest BCUT2D eigenvalue weighted by atomic mass is 10.1. The van der Waals surface area contributed by atoms with Gasteiger partial charge in [-0.1, -0.05) is 29.8 Å². The maximum Gasteiger partial charge on any atom is 0.335 e. The second kappa shape index (κ2) is 10.5. The molecule has 0 atom stereocenters. The van der Waals surface area contributed by atoms with Gasteiger partial charge in [-0.2, -0.15) is 0 Å². The van der Waals surface area contributed by atoms with Gasteiger partial charge in [0.15, 0.2) is 11.5 Å². The van der Waals surface area contributed by atoms with Gasteiger partial charge in [0.1, 0.15) is 18.0 Å². The van der Waals surface area contributed by atoms with Crippen molar-refractivity contribution >= 4 is 47.2 Å². The topological polar surface area (TPSA) is 122 Å². The summed E-state index contributed by atoms with van der Waals surface area (Å²) in [6.07, 6.45) is 1.22. The molecule has 0 aromatic heterocycles. The average Bonchev–Trinajstić information content (AvgIpc) is 2.85. The van der Waals surface area contributed by atoms with Crippen molar-refractivity contribution in [2.45, 2.75) is 6.61 Å². The Morgan fingerprint density at radius 2 is 1.84 bits per heavy atom. The number of anilines is 1. The lowest BCUT2D eigenvalue weighted by Gasteiger charge is -2.26. The van der Waals surface area contributed by atoms with E-state index < -0.39 is 29.6 Å². The molecular weight excluding hydrogens is 507 g/mol. The quantitative estimate of drug-likeness (QED) is 0.346. The number of carbonyl (C=O) groups excluding carboxylic acids is 3. The number of hydrogen-bond acceptors (Lipinski definition) is 6. The van der Waals surface area contributed by atoms with E-state index in [1.807, 2.05) is 0 Å². The van der Waals surface area contributed by atoms with Crippen molar-refractivity contribution in [1.82, 2.24) is 5.32 Å². The third-order valence-corrected chi connectivity index (χ3v) is 5.60. The van der Waals surface area contributed by atoms with Crippen LogP contribution >= 0.6 is 11.6 Å². The molecule has 2 N–H and O–H groups in total. The summed E-state index contributed by atoms with van der Waals surface area (Å²) in [5, 5.41) is 11.2. The lowest BCUT2D eigenvalue weighted by Crippen LogP contribution is -2.54. The van der Waals surface area contributed by atoms with Crippen LogP contribution in [0.15, 0.2) is 66.2 Å². The number of benzene rings is 3. The highest BCUT2D eigenvalue weighted by Gasteiger charge is 2.37. The predicted octanol–water partition coefficient (Wildman–Crippen LogP) is 4.43. The number of nitrogens with one attached hydrogen (secondary N) is 1. The lowest BCUT2D eigenvalue weighted by molar-refractivity contribution is -0.122. The molecule has 0 saturated carbocycles. The number of aromatic carboxylic acids is 1. The Labute approximate surface area is 214 Å². The molecule has 1 heterocycles. The zero-order chi connectivity index (χ0) is 26.7. The third kappa shape index (κ3) is 5.44. The Kier molecular flexibility index (Phi) is 7.21. The number of carboxylic acids is 1. The molecule has 3 aromatic carbocycles. The Morgan fingerprint density at radius 3 is 2.49 bits per heavy atom. The van der Waals surface area contributed by atoms with Crippen LogP contribution in [0, 0.1) is 5.82 Å². The van der Waals surface area contributed by atoms with Gasteiger partial charge in [-0.05, 0) is 59.7 Å². The van der Waals surface area contributed by atoms with Crippen LogP contribution in [-0.2, 0) is 16.2 Å². The first-order valence-electron chi connectivity index (χ1n) is 10.7. The molecule has 37 heavy (non-hydrogen) atoms. The van der Waals surface area contributed by atoms with Gasteiger partial charge in [0, 0.05) is 0 Å². The fraction of sp³-hybridized carbons (Fsp3) is 0.0769. The molecule has 188 valence electrons. The van der Waals surface area contributed by atoms with Crippen molar-refractivity contribution < 1.29 is 38.1 Å². The molecule has 1 aliphatic rings. The molecule has 1 fully saturated rings. The van der Waals surface area contributed by atoms with Crippen LogP contribution in [-0.4, -0.2) is 36.0 Å². The van der Waals surface area contributed by atoms with Gasteiger partial charge < -0.3 is 14.6 Å². The molecule has 11 heteroatoms. The van der Waals surface area contributed by atoms with Crippen molar-refractivity contribution in [3.05, 3.63) is 93.8 Å². The fourth-order valence-corrected chi connectivity index (χ4v) is 3.81. The highest BCUT2D eigenvalue weighted by atomic mass is 35.5. The first kappa shape index (κ1) is 25.4. The second-order valence-electron chi connectivity index (χ2n) is 7.76. The number of halogens is 2. The van der Waals surface area contributed by atoms with Gasteiger partial charge in [-0.3, -0.25) is 14.9 Å². The van der Waals surface area contributed by atoms with Crippen molar-refractivity contribution in [3.63, 3.8) is 0 Å². The number of urea groups is 1. The van der Waals surface area contributed by atoms with E-state index in [0.29, 0.717) is 16.0 Å². The number of rotatable bonds is 7. The number of carboxylic acid groups (broad SMARTS) is 1. The van der Waals surface area contributed by atoms with E-state index in [2.05, 4.69) is 5.32 Å². The largest absolute Gasteiger partial charge is 0.493 e. The van der Waals surface area contributed by atoms with Crippen LogP contribution in [0.2, 0.25) is 5.02 Å². The standard InChI is InChI=1S/C26H18ClFN2O7/c1-36-21-11-15(10-20(27)22(21)37-13-14-5-7-16(8-6-14)25(33)34)9-19-23(31)29-26(35)30(24(19)32)18-4-2-3-17(28)12-18/h2-12H,13H2,1H3,(H,33,34)(H,29,31,35)/b19-9+. The molecule has 3 aromatic rings. The summed E-state index contributed by atoms with van der Waals surface area (Å²) in [5.41, 5.74) is 0.689. The highest BCUT2D eigenvalue weighted by molar-refractivity contribution is 6.39. The molecule has 9 nitrogen and oxygen atoms in total. The van der Waals surface area contributed by atoms with Crippen LogP contribution in [0.3, 0.4) is 0 Å². The minimum absolute atomic E-state index is 0.0448. The van der Waals surface area contributed by atoms with Crippen LogP contribution in [0.5, 0.6) is 11.5 Å². The molecule has 0 unspecified atom stereocenters. The van der Waals surface area contributed by atoms with Crippen LogP contribution in [0.1, 0.15) is 21.5 Å². The molecule has 1 saturated heterocycles. The Balaban J connectivity index is 1.61. The van der Waals surface area contributed by atoms with E-state index >= 15 is 0 Å². The van der Waals surface area contributed by atoms with Gasteiger partial charge in [0.05, 0.1) is 23.4 Å². The van der Waals surface area contributed by atoms with Crippen LogP contribution < -0.4 is 19.7 Å². The zero-order valence-corrected chi connectivity index (χ0v) is 19.9. The molecular formula is C26H18ClFN2O7.